The van der Waals surface area contributed by atoms with Gasteiger partial charge in [0.15, 0.2) is 5.69 Å². The summed E-state index contributed by atoms with van der Waals surface area (Å²) in [6.07, 6.45) is 0.322. The third kappa shape index (κ3) is 4.26. The molecule has 0 aliphatic carbocycles. The predicted octanol–water partition coefficient (Wildman–Crippen LogP) is 3.11. The third-order valence-electron chi connectivity index (χ3n) is 6.08. The summed E-state index contributed by atoms with van der Waals surface area (Å²) >= 11 is 0. The Balaban J connectivity index is 1.38. The van der Waals surface area contributed by atoms with Gasteiger partial charge in [-0.15, -0.1) is 5.10 Å². The molecule has 1 aliphatic rings. The minimum Gasteiger partial charge on any atom is -0.350 e. The van der Waals surface area contributed by atoms with Gasteiger partial charge in [-0.3, -0.25) is 9.59 Å². The van der Waals surface area contributed by atoms with Gasteiger partial charge in [0.2, 0.25) is 5.91 Å². The number of rotatable bonds is 6. The van der Waals surface area contributed by atoms with E-state index in [0.717, 1.165) is 16.8 Å². The van der Waals surface area contributed by atoms with E-state index in [0.29, 0.717) is 30.8 Å². The van der Waals surface area contributed by atoms with Crippen LogP contribution in [-0.2, 0) is 11.3 Å². The van der Waals surface area contributed by atoms with E-state index in [1.807, 2.05) is 39.0 Å². The summed E-state index contributed by atoms with van der Waals surface area (Å²) in [5.74, 6) is -0.712. The van der Waals surface area contributed by atoms with Crippen LogP contribution >= 0.6 is 0 Å². The molecule has 7 nitrogen and oxygen atoms in total. The standard InChI is InChI=1S/C24H26FN5O2/c1-15-7-6-10-21(16(15)2)30-17(3)23(27-28-30)24(32)26-12-18-11-22(31)29(13-18)14-19-8-4-5-9-20(19)25/h4-10,18H,11-14H2,1-3H3,(H,26,32). The largest absolute Gasteiger partial charge is 0.350 e. The van der Waals surface area contributed by atoms with E-state index < -0.39 is 0 Å². The zero-order chi connectivity index (χ0) is 22.8. The third-order valence-corrected chi connectivity index (χ3v) is 6.08. The molecule has 32 heavy (non-hydrogen) atoms. The Labute approximate surface area is 186 Å². The van der Waals surface area contributed by atoms with Gasteiger partial charge < -0.3 is 10.2 Å². The lowest BCUT2D eigenvalue weighted by Crippen LogP contribution is -2.31. The van der Waals surface area contributed by atoms with Crippen LogP contribution in [0.3, 0.4) is 0 Å². The van der Waals surface area contributed by atoms with Crippen LogP contribution in [-0.4, -0.2) is 44.8 Å². The van der Waals surface area contributed by atoms with E-state index in [4.69, 9.17) is 0 Å². The van der Waals surface area contributed by atoms with Crippen LogP contribution in [0.2, 0.25) is 0 Å². The molecule has 2 aromatic carbocycles. The van der Waals surface area contributed by atoms with E-state index in [1.54, 1.807) is 27.8 Å². The Morgan fingerprint density at radius 2 is 1.94 bits per heavy atom. The second kappa shape index (κ2) is 8.90. The van der Waals surface area contributed by atoms with Crippen molar-refractivity contribution in [1.82, 2.24) is 25.2 Å². The van der Waals surface area contributed by atoms with Crippen molar-refractivity contribution in [2.45, 2.75) is 33.7 Å². The molecule has 8 heteroatoms. The molecule has 0 radical (unpaired) electrons. The fraction of sp³-hybridized carbons (Fsp3) is 0.333. The number of hydrogen-bond donors (Lipinski definition) is 1. The zero-order valence-corrected chi connectivity index (χ0v) is 18.4. The first-order valence-electron chi connectivity index (χ1n) is 10.6. The first-order valence-corrected chi connectivity index (χ1v) is 10.6. The number of halogens is 1. The highest BCUT2D eigenvalue weighted by Gasteiger charge is 2.30. The van der Waals surface area contributed by atoms with Gasteiger partial charge in [0.25, 0.3) is 5.91 Å². The van der Waals surface area contributed by atoms with E-state index in [2.05, 4.69) is 15.6 Å². The molecule has 0 saturated carbocycles. The number of nitrogens with zero attached hydrogens (tertiary/aromatic N) is 4. The number of hydrogen-bond acceptors (Lipinski definition) is 4. The number of aromatic nitrogens is 3. The molecule has 4 rings (SSSR count). The first kappa shape index (κ1) is 21.7. The predicted molar refractivity (Wildman–Crippen MR) is 118 cm³/mol. The van der Waals surface area contributed by atoms with Crippen LogP contribution in [0.15, 0.2) is 42.5 Å². The van der Waals surface area contributed by atoms with Gasteiger partial charge >= 0.3 is 0 Å². The second-order valence-corrected chi connectivity index (χ2v) is 8.30. The molecule has 1 unspecified atom stereocenters. The number of likely N-dealkylation sites (tertiary alicyclic amines) is 1. The Kier molecular flexibility index (Phi) is 6.03. The molecule has 0 spiro atoms. The van der Waals surface area contributed by atoms with Gasteiger partial charge in [-0.25, -0.2) is 9.07 Å². The lowest BCUT2D eigenvalue weighted by Gasteiger charge is -2.17. The topological polar surface area (TPSA) is 80.1 Å². The van der Waals surface area contributed by atoms with Gasteiger partial charge in [-0.05, 0) is 44.0 Å². The Morgan fingerprint density at radius 3 is 2.72 bits per heavy atom. The zero-order valence-electron chi connectivity index (χ0n) is 18.4. The molecule has 0 bridgehead atoms. The maximum atomic E-state index is 13.9. The number of amides is 2. The van der Waals surface area contributed by atoms with Crippen molar-refractivity contribution in [3.63, 3.8) is 0 Å². The minimum absolute atomic E-state index is 0.0346. The molecule has 1 saturated heterocycles. The molecular formula is C24H26FN5O2. The Morgan fingerprint density at radius 1 is 1.16 bits per heavy atom. The van der Waals surface area contributed by atoms with E-state index in [1.165, 1.54) is 6.07 Å². The average Bonchev–Trinajstić information content (AvgIpc) is 3.32. The van der Waals surface area contributed by atoms with E-state index in [9.17, 15) is 14.0 Å². The van der Waals surface area contributed by atoms with Crippen molar-refractivity contribution >= 4 is 11.8 Å². The van der Waals surface area contributed by atoms with Crippen LogP contribution in [0.4, 0.5) is 4.39 Å². The highest BCUT2D eigenvalue weighted by molar-refractivity contribution is 5.93. The van der Waals surface area contributed by atoms with Crippen molar-refractivity contribution in [1.29, 1.82) is 0 Å². The summed E-state index contributed by atoms with van der Waals surface area (Å²) in [6.45, 7) is 6.90. The highest BCUT2D eigenvalue weighted by atomic mass is 19.1. The normalized spacial score (nSPS) is 15.9. The van der Waals surface area contributed by atoms with Crippen LogP contribution < -0.4 is 5.32 Å². The molecule has 3 aromatic rings. The van der Waals surface area contributed by atoms with Crippen LogP contribution in [0.5, 0.6) is 0 Å². The van der Waals surface area contributed by atoms with E-state index >= 15 is 0 Å². The average molecular weight is 436 g/mol. The fourth-order valence-corrected chi connectivity index (χ4v) is 4.03. The monoisotopic (exact) mass is 435 g/mol. The Bertz CT molecular complexity index is 1170. The first-order chi connectivity index (χ1) is 15.3. The van der Waals surface area contributed by atoms with Gasteiger partial charge in [-0.2, -0.15) is 0 Å². The van der Waals surface area contributed by atoms with Crippen LogP contribution in [0, 0.1) is 32.5 Å². The van der Waals surface area contributed by atoms with Gasteiger partial charge in [0, 0.05) is 37.5 Å². The lowest BCUT2D eigenvalue weighted by molar-refractivity contribution is -0.128. The summed E-state index contributed by atoms with van der Waals surface area (Å²) < 4.78 is 15.6. The summed E-state index contributed by atoms with van der Waals surface area (Å²) in [4.78, 5) is 26.7. The molecule has 1 aliphatic heterocycles. The van der Waals surface area contributed by atoms with Crippen molar-refractivity contribution in [3.05, 3.63) is 76.4 Å². The summed E-state index contributed by atoms with van der Waals surface area (Å²) in [5.41, 5.74) is 4.50. The van der Waals surface area contributed by atoms with E-state index in [-0.39, 0.29) is 35.8 Å². The van der Waals surface area contributed by atoms with Crippen LogP contribution in [0.25, 0.3) is 5.69 Å². The van der Waals surface area contributed by atoms with Gasteiger partial charge in [0.05, 0.1) is 11.4 Å². The molecule has 166 valence electrons. The number of benzene rings is 2. The van der Waals surface area contributed by atoms with Crippen molar-refractivity contribution in [2.75, 3.05) is 13.1 Å². The SMILES string of the molecule is Cc1cccc(-n2nnc(C(=O)NCC3CC(=O)N(Cc4ccccc4F)C3)c2C)c1C. The molecule has 1 fully saturated rings. The lowest BCUT2D eigenvalue weighted by atomic mass is 10.1. The van der Waals surface area contributed by atoms with Gasteiger partial charge in [0.1, 0.15) is 5.82 Å². The highest BCUT2D eigenvalue weighted by Crippen LogP contribution is 2.22. The molecule has 1 atom stereocenters. The second-order valence-electron chi connectivity index (χ2n) is 8.30. The Hall–Kier alpha value is -3.55. The molecular weight excluding hydrogens is 409 g/mol. The number of carbonyl (C=O) groups is 2. The number of carbonyl (C=O) groups excluding carboxylic acids is 2. The summed E-state index contributed by atoms with van der Waals surface area (Å²) in [6, 6.07) is 12.4. The maximum absolute atomic E-state index is 13.9. The smallest absolute Gasteiger partial charge is 0.273 e. The summed E-state index contributed by atoms with van der Waals surface area (Å²) in [5, 5.41) is 11.1. The fourth-order valence-electron chi connectivity index (χ4n) is 4.03. The maximum Gasteiger partial charge on any atom is 0.273 e. The molecule has 1 N–H and O–H groups in total. The van der Waals surface area contributed by atoms with Gasteiger partial charge in [-0.1, -0.05) is 35.5 Å². The van der Waals surface area contributed by atoms with Crippen molar-refractivity contribution < 1.29 is 14.0 Å². The quantitative estimate of drug-likeness (QED) is 0.645. The van der Waals surface area contributed by atoms with Crippen LogP contribution in [0.1, 0.15) is 39.3 Å². The summed E-state index contributed by atoms with van der Waals surface area (Å²) in [7, 11) is 0. The number of aryl methyl sites for hydroxylation is 1. The minimum atomic E-state index is -0.320. The van der Waals surface area contributed by atoms with Crippen molar-refractivity contribution in [2.24, 2.45) is 5.92 Å². The number of nitrogens with one attached hydrogen (secondary N) is 1. The molecule has 2 amide bonds. The molecule has 2 heterocycles. The molecule has 1 aromatic heterocycles. The van der Waals surface area contributed by atoms with Crippen molar-refractivity contribution in [3.8, 4) is 5.69 Å².